The van der Waals surface area contributed by atoms with Gasteiger partial charge in [-0.25, -0.2) is 0 Å². The second-order valence-electron chi connectivity index (χ2n) is 7.81. The topological polar surface area (TPSA) is 66.8 Å². The Morgan fingerprint density at radius 2 is 1.62 bits per heavy atom. The number of ether oxygens (including phenoxy) is 1. The number of carbonyl (C=O) groups excluding carboxylic acids is 2. The van der Waals surface area contributed by atoms with E-state index in [2.05, 4.69) is 0 Å². The first-order valence-electron chi connectivity index (χ1n) is 10.6. The average molecular weight is 428 g/mol. The number of hydrogen-bond donors (Lipinski definition) is 1. The zero-order valence-corrected chi connectivity index (χ0v) is 18.3. The summed E-state index contributed by atoms with van der Waals surface area (Å²) in [5.41, 5.74) is 3.97. The van der Waals surface area contributed by atoms with E-state index in [-0.39, 0.29) is 11.3 Å². The lowest BCUT2D eigenvalue weighted by atomic mass is 9.94. The lowest BCUT2D eigenvalue weighted by molar-refractivity contribution is -0.132. The van der Waals surface area contributed by atoms with Crippen molar-refractivity contribution >= 4 is 23.1 Å². The maximum atomic E-state index is 13.2. The van der Waals surface area contributed by atoms with Crippen molar-refractivity contribution in [1.29, 1.82) is 0 Å². The van der Waals surface area contributed by atoms with Crippen LogP contribution >= 0.6 is 0 Å². The van der Waals surface area contributed by atoms with Crippen molar-refractivity contribution in [3.8, 4) is 5.75 Å². The van der Waals surface area contributed by atoms with Gasteiger partial charge in [0.05, 0.1) is 18.2 Å². The summed E-state index contributed by atoms with van der Waals surface area (Å²) in [4.78, 5) is 27.8. The van der Waals surface area contributed by atoms with E-state index < -0.39 is 17.7 Å². The Labute approximate surface area is 187 Å². The molecule has 1 atom stereocenters. The van der Waals surface area contributed by atoms with Crippen LogP contribution in [-0.2, 0) is 9.59 Å². The van der Waals surface area contributed by atoms with Crippen LogP contribution < -0.4 is 9.64 Å². The fourth-order valence-electron chi connectivity index (χ4n) is 3.96. The second kappa shape index (κ2) is 8.71. The van der Waals surface area contributed by atoms with Crippen molar-refractivity contribution in [3.63, 3.8) is 0 Å². The molecule has 5 nitrogen and oxygen atoms in total. The van der Waals surface area contributed by atoms with Crippen molar-refractivity contribution in [1.82, 2.24) is 0 Å². The zero-order valence-electron chi connectivity index (χ0n) is 18.3. The van der Waals surface area contributed by atoms with Crippen molar-refractivity contribution in [2.24, 2.45) is 0 Å². The number of hydrogen-bond acceptors (Lipinski definition) is 4. The van der Waals surface area contributed by atoms with Crippen LogP contribution in [-0.4, -0.2) is 23.4 Å². The van der Waals surface area contributed by atoms with Gasteiger partial charge in [-0.1, -0.05) is 42.5 Å². The molecule has 0 bridgehead atoms. The SMILES string of the molecule is CCOc1ccc(N2C(=O)C(=O)/C(=C(\O)c3ccc(C)c(C)c3)C2c2ccccc2)cc1. The maximum absolute atomic E-state index is 13.2. The molecule has 1 N–H and O–H groups in total. The van der Waals surface area contributed by atoms with Crippen molar-refractivity contribution in [2.75, 3.05) is 11.5 Å². The van der Waals surface area contributed by atoms with Crippen molar-refractivity contribution < 1.29 is 19.4 Å². The van der Waals surface area contributed by atoms with Gasteiger partial charge in [0.25, 0.3) is 11.7 Å². The number of aryl methyl sites for hydroxylation is 2. The molecule has 3 aromatic carbocycles. The summed E-state index contributed by atoms with van der Waals surface area (Å²) in [6.45, 7) is 6.35. The van der Waals surface area contributed by atoms with Crippen LogP contribution in [0.5, 0.6) is 5.75 Å². The van der Waals surface area contributed by atoms with E-state index in [9.17, 15) is 14.7 Å². The fraction of sp³-hybridized carbons (Fsp3) is 0.185. The molecule has 0 aromatic heterocycles. The standard InChI is InChI=1S/C27H25NO4/c1-4-32-22-14-12-21(13-15-22)28-24(19-8-6-5-7-9-19)23(26(30)27(28)31)25(29)20-11-10-17(2)18(3)16-20/h5-16,24,29H,4H2,1-3H3/b25-23-. The molecule has 4 rings (SSSR count). The Morgan fingerprint density at radius 1 is 0.938 bits per heavy atom. The number of nitrogens with zero attached hydrogens (tertiary/aromatic N) is 1. The molecule has 162 valence electrons. The first-order valence-corrected chi connectivity index (χ1v) is 10.6. The van der Waals surface area contributed by atoms with E-state index in [4.69, 9.17) is 4.74 Å². The Morgan fingerprint density at radius 3 is 2.25 bits per heavy atom. The van der Waals surface area contributed by atoms with Crippen LogP contribution in [0.4, 0.5) is 5.69 Å². The summed E-state index contributed by atoms with van der Waals surface area (Å²) >= 11 is 0. The molecule has 1 fully saturated rings. The van der Waals surface area contributed by atoms with Gasteiger partial charge >= 0.3 is 0 Å². The van der Waals surface area contributed by atoms with Gasteiger partial charge in [-0.05, 0) is 67.8 Å². The zero-order chi connectivity index (χ0) is 22.8. The maximum Gasteiger partial charge on any atom is 0.300 e. The summed E-state index contributed by atoms with van der Waals surface area (Å²) in [5, 5.41) is 11.2. The van der Waals surface area contributed by atoms with Crippen molar-refractivity contribution in [2.45, 2.75) is 26.8 Å². The van der Waals surface area contributed by atoms with Gasteiger partial charge in [0, 0.05) is 11.3 Å². The number of amides is 1. The van der Waals surface area contributed by atoms with Gasteiger partial charge < -0.3 is 9.84 Å². The largest absolute Gasteiger partial charge is 0.507 e. The fourth-order valence-corrected chi connectivity index (χ4v) is 3.96. The Hall–Kier alpha value is -3.86. The number of carbonyl (C=O) groups is 2. The van der Waals surface area contributed by atoms with Crippen LogP contribution in [0.15, 0.2) is 78.4 Å². The molecule has 5 heteroatoms. The van der Waals surface area contributed by atoms with Gasteiger partial charge in [-0.15, -0.1) is 0 Å². The summed E-state index contributed by atoms with van der Waals surface area (Å²) in [7, 11) is 0. The molecule has 1 amide bonds. The van der Waals surface area contributed by atoms with Gasteiger partial charge in [0.1, 0.15) is 11.5 Å². The molecule has 0 saturated carbocycles. The number of benzene rings is 3. The van der Waals surface area contributed by atoms with Crippen LogP contribution in [0.2, 0.25) is 0 Å². The molecule has 32 heavy (non-hydrogen) atoms. The summed E-state index contributed by atoms with van der Waals surface area (Å²) in [5.74, 6) is -0.871. The highest BCUT2D eigenvalue weighted by Gasteiger charge is 2.46. The predicted octanol–water partition coefficient (Wildman–Crippen LogP) is 5.33. The molecule has 1 saturated heterocycles. The highest BCUT2D eigenvalue weighted by molar-refractivity contribution is 6.51. The molecule has 1 heterocycles. The van der Waals surface area contributed by atoms with E-state index in [1.165, 1.54) is 4.90 Å². The first-order chi connectivity index (χ1) is 15.4. The minimum absolute atomic E-state index is 0.0818. The summed E-state index contributed by atoms with van der Waals surface area (Å²) in [6.07, 6.45) is 0. The minimum atomic E-state index is -0.740. The smallest absolute Gasteiger partial charge is 0.300 e. The van der Waals surface area contributed by atoms with Crippen LogP contribution in [0.1, 0.15) is 35.2 Å². The van der Waals surface area contributed by atoms with Gasteiger partial charge in [-0.2, -0.15) is 0 Å². The van der Waals surface area contributed by atoms with E-state index >= 15 is 0 Å². The molecule has 0 aliphatic carbocycles. The predicted molar refractivity (Wildman–Crippen MR) is 125 cm³/mol. The van der Waals surface area contributed by atoms with Gasteiger partial charge in [0.2, 0.25) is 0 Å². The number of rotatable bonds is 5. The van der Waals surface area contributed by atoms with Crippen LogP contribution in [0.25, 0.3) is 5.76 Å². The Balaban J connectivity index is 1.88. The molecule has 1 aliphatic heterocycles. The van der Waals surface area contributed by atoms with E-state index in [0.29, 0.717) is 23.6 Å². The van der Waals surface area contributed by atoms with Gasteiger partial charge in [0.15, 0.2) is 0 Å². The number of Topliss-reactive ketones (excluding diaryl/α,β-unsaturated/α-hetero) is 1. The van der Waals surface area contributed by atoms with Gasteiger partial charge in [-0.3, -0.25) is 14.5 Å². The second-order valence-corrected chi connectivity index (χ2v) is 7.81. The molecule has 0 radical (unpaired) electrons. The Bertz CT molecular complexity index is 1200. The lowest BCUT2D eigenvalue weighted by Gasteiger charge is -2.25. The first kappa shape index (κ1) is 21.4. The Kier molecular flexibility index (Phi) is 5.82. The highest BCUT2D eigenvalue weighted by Crippen LogP contribution is 2.42. The number of aliphatic hydroxyl groups is 1. The third-order valence-electron chi connectivity index (χ3n) is 5.77. The number of anilines is 1. The van der Waals surface area contributed by atoms with E-state index in [1.807, 2.05) is 63.2 Å². The summed E-state index contributed by atoms with van der Waals surface area (Å²) in [6, 6.07) is 21.1. The third kappa shape index (κ3) is 3.78. The van der Waals surface area contributed by atoms with Crippen molar-refractivity contribution in [3.05, 3.63) is 101 Å². The molecular weight excluding hydrogens is 402 g/mol. The van der Waals surface area contributed by atoms with E-state index in [1.54, 1.807) is 30.3 Å². The molecule has 0 spiro atoms. The quantitative estimate of drug-likeness (QED) is 0.340. The number of ketones is 1. The molecule has 1 unspecified atom stereocenters. The molecule has 1 aliphatic rings. The van der Waals surface area contributed by atoms with Crippen LogP contribution in [0, 0.1) is 13.8 Å². The van der Waals surface area contributed by atoms with E-state index in [0.717, 1.165) is 16.7 Å². The minimum Gasteiger partial charge on any atom is -0.507 e. The highest BCUT2D eigenvalue weighted by atomic mass is 16.5. The molecule has 3 aromatic rings. The molecular formula is C27H25NO4. The van der Waals surface area contributed by atoms with Crippen LogP contribution in [0.3, 0.4) is 0 Å². The monoisotopic (exact) mass is 427 g/mol. The third-order valence-corrected chi connectivity index (χ3v) is 5.77. The normalized spacial score (nSPS) is 17.6. The average Bonchev–Trinajstić information content (AvgIpc) is 3.07. The lowest BCUT2D eigenvalue weighted by Crippen LogP contribution is -2.29. The summed E-state index contributed by atoms with van der Waals surface area (Å²) < 4.78 is 5.50. The number of aliphatic hydroxyl groups excluding tert-OH is 1.